The number of hydrogen-bond donors (Lipinski definition) is 2. The fourth-order valence-electron chi connectivity index (χ4n) is 2.87. The number of sulfone groups is 1. The first kappa shape index (κ1) is 20.1. The second-order valence-corrected chi connectivity index (χ2v) is 9.03. The van der Waals surface area contributed by atoms with E-state index in [1.54, 1.807) is 35.7 Å². The van der Waals surface area contributed by atoms with E-state index in [9.17, 15) is 18.4 Å². The third-order valence-corrected chi connectivity index (χ3v) is 7.00. The van der Waals surface area contributed by atoms with Gasteiger partial charge < -0.3 is 9.73 Å². The zero-order valence-electron chi connectivity index (χ0n) is 15.2. The summed E-state index contributed by atoms with van der Waals surface area (Å²) in [5.74, 6) is -0.702. The van der Waals surface area contributed by atoms with Crippen molar-refractivity contribution in [2.24, 2.45) is 0 Å². The zero-order chi connectivity index (χ0) is 21.3. The minimum Gasteiger partial charge on any atom is -0.595 e. The normalized spacial score (nSPS) is 12.6. The monoisotopic (exact) mass is 442 g/mol. The van der Waals surface area contributed by atoms with Crippen molar-refractivity contribution in [3.8, 4) is 11.3 Å². The molecule has 4 aromatic rings. The molecule has 8 nitrogen and oxygen atoms in total. The number of thiophene rings is 1. The van der Waals surface area contributed by atoms with Gasteiger partial charge >= 0.3 is 0 Å². The summed E-state index contributed by atoms with van der Waals surface area (Å²) >= 11 is 1.16. The number of benzene rings is 2. The Hall–Kier alpha value is -3.15. The van der Waals surface area contributed by atoms with Crippen LogP contribution in [0, 0.1) is 5.21 Å². The number of quaternary nitrogens is 1. The molecule has 0 amide bonds. The summed E-state index contributed by atoms with van der Waals surface area (Å²) in [6.45, 7) is 0. The molecule has 152 valence electrons. The van der Waals surface area contributed by atoms with Crippen LogP contribution < -0.4 is 5.23 Å². The van der Waals surface area contributed by atoms with Gasteiger partial charge in [-0.25, -0.2) is 13.6 Å². The van der Waals surface area contributed by atoms with E-state index in [1.807, 2.05) is 0 Å². The first-order valence-electron chi connectivity index (χ1n) is 8.61. The molecule has 30 heavy (non-hydrogen) atoms. The predicted molar refractivity (Wildman–Crippen MR) is 107 cm³/mol. The summed E-state index contributed by atoms with van der Waals surface area (Å²) in [5, 5.41) is 24.6. The van der Waals surface area contributed by atoms with Crippen LogP contribution in [-0.2, 0) is 9.84 Å². The van der Waals surface area contributed by atoms with E-state index in [2.05, 4.69) is 5.16 Å². The molecule has 1 unspecified atom stereocenters. The van der Waals surface area contributed by atoms with Gasteiger partial charge in [0.05, 0.1) is 9.77 Å². The number of carbonyl (C=O) groups is 1. The van der Waals surface area contributed by atoms with Crippen molar-refractivity contribution in [3.63, 3.8) is 0 Å². The van der Waals surface area contributed by atoms with Gasteiger partial charge in [-0.1, -0.05) is 29.4 Å². The lowest BCUT2D eigenvalue weighted by atomic mass is 10.1. The van der Waals surface area contributed by atoms with Crippen LogP contribution in [0.1, 0.15) is 15.4 Å². The fraction of sp³-hybridized carbons (Fsp3) is 0. The Bertz CT molecular complexity index is 1280. The van der Waals surface area contributed by atoms with Crippen LogP contribution in [-0.4, -0.2) is 24.6 Å². The highest BCUT2D eigenvalue weighted by Crippen LogP contribution is 2.35. The van der Waals surface area contributed by atoms with E-state index >= 15 is 0 Å². The van der Waals surface area contributed by atoms with Crippen molar-refractivity contribution < 1.29 is 28.2 Å². The molecule has 2 N–H and O–H groups in total. The van der Waals surface area contributed by atoms with Crippen LogP contribution in [0.25, 0.3) is 11.3 Å². The van der Waals surface area contributed by atoms with Crippen LogP contribution in [0.4, 0.5) is 5.69 Å². The highest BCUT2D eigenvalue weighted by Gasteiger charge is 2.34. The smallest absolute Gasteiger partial charge is 0.226 e. The Morgan fingerprint density at radius 1 is 1.03 bits per heavy atom. The highest BCUT2D eigenvalue weighted by atomic mass is 32.2. The van der Waals surface area contributed by atoms with Crippen LogP contribution in [0.15, 0.2) is 86.4 Å². The molecule has 2 heterocycles. The SMILES string of the molecule is O=C(c1cccs1)c1noc(-c2ccc([NH+]([O-])O)cc2)c1S(=O)(=O)c1ccccc1. The van der Waals surface area contributed by atoms with Crippen molar-refractivity contribution in [1.29, 1.82) is 0 Å². The van der Waals surface area contributed by atoms with Crippen LogP contribution in [0.5, 0.6) is 0 Å². The number of carbonyl (C=O) groups excluding carboxylic acids is 1. The lowest BCUT2D eigenvalue weighted by molar-refractivity contribution is -0.991. The molecule has 0 saturated carbocycles. The van der Waals surface area contributed by atoms with Crippen molar-refractivity contribution in [2.75, 3.05) is 0 Å². The van der Waals surface area contributed by atoms with E-state index in [1.165, 1.54) is 36.4 Å². The molecule has 2 aromatic heterocycles. The van der Waals surface area contributed by atoms with Gasteiger partial charge in [0.2, 0.25) is 15.6 Å². The number of nitrogens with one attached hydrogen (secondary N) is 1. The number of hydrogen-bond acceptors (Lipinski definition) is 8. The number of rotatable bonds is 6. The second-order valence-electron chi connectivity index (χ2n) is 6.19. The van der Waals surface area contributed by atoms with E-state index in [0.717, 1.165) is 11.3 Å². The molecule has 0 bridgehead atoms. The summed E-state index contributed by atoms with van der Waals surface area (Å²) in [6.07, 6.45) is 0. The maximum absolute atomic E-state index is 13.4. The molecule has 0 aliphatic heterocycles. The average molecular weight is 442 g/mol. The van der Waals surface area contributed by atoms with Crippen LogP contribution in [0.2, 0.25) is 0 Å². The molecule has 0 aliphatic rings. The average Bonchev–Trinajstić information content (AvgIpc) is 3.44. The van der Waals surface area contributed by atoms with E-state index in [4.69, 9.17) is 9.73 Å². The third-order valence-electron chi connectivity index (χ3n) is 4.33. The Morgan fingerprint density at radius 3 is 2.33 bits per heavy atom. The number of nitrogens with zero attached hydrogens (tertiary/aromatic N) is 1. The Labute approximate surface area is 175 Å². The first-order valence-corrected chi connectivity index (χ1v) is 11.0. The van der Waals surface area contributed by atoms with Gasteiger partial charge in [-0.15, -0.1) is 11.3 Å². The fourth-order valence-corrected chi connectivity index (χ4v) is 5.06. The molecule has 0 aliphatic carbocycles. The molecule has 2 aromatic carbocycles. The quantitative estimate of drug-likeness (QED) is 0.347. The second kappa shape index (κ2) is 7.94. The number of ketones is 1. The van der Waals surface area contributed by atoms with Gasteiger partial charge in [-0.2, -0.15) is 5.23 Å². The lowest BCUT2D eigenvalue weighted by Crippen LogP contribution is -2.99. The van der Waals surface area contributed by atoms with E-state index in [-0.39, 0.29) is 32.5 Å². The van der Waals surface area contributed by atoms with Crippen molar-refractivity contribution in [1.82, 2.24) is 5.16 Å². The van der Waals surface area contributed by atoms with Gasteiger partial charge in [0, 0.05) is 17.7 Å². The summed E-state index contributed by atoms with van der Waals surface area (Å²) in [6, 6.07) is 16.4. The van der Waals surface area contributed by atoms with Crippen LogP contribution >= 0.6 is 11.3 Å². The summed E-state index contributed by atoms with van der Waals surface area (Å²) in [7, 11) is -4.16. The summed E-state index contributed by atoms with van der Waals surface area (Å²) in [5.41, 5.74) is -0.00790. The molecule has 1 atom stereocenters. The molecule has 0 radical (unpaired) electrons. The zero-order valence-corrected chi connectivity index (χ0v) is 16.8. The van der Waals surface area contributed by atoms with Crippen molar-refractivity contribution in [3.05, 3.63) is 87.9 Å². The summed E-state index contributed by atoms with van der Waals surface area (Å²) < 4.78 is 32.1. The third kappa shape index (κ3) is 3.58. The van der Waals surface area contributed by atoms with Crippen LogP contribution in [0.3, 0.4) is 0 Å². The van der Waals surface area contributed by atoms with Gasteiger partial charge in [0.1, 0.15) is 0 Å². The minimum atomic E-state index is -4.16. The first-order chi connectivity index (χ1) is 14.4. The van der Waals surface area contributed by atoms with E-state index in [0.29, 0.717) is 4.88 Å². The molecule has 0 saturated heterocycles. The maximum atomic E-state index is 13.4. The highest BCUT2D eigenvalue weighted by molar-refractivity contribution is 7.91. The summed E-state index contributed by atoms with van der Waals surface area (Å²) in [4.78, 5) is 12.9. The van der Waals surface area contributed by atoms with Gasteiger partial charge in [0.15, 0.2) is 22.0 Å². The van der Waals surface area contributed by atoms with Crippen molar-refractivity contribution >= 4 is 32.6 Å². The van der Waals surface area contributed by atoms with Crippen molar-refractivity contribution in [2.45, 2.75) is 9.79 Å². The molecule has 0 spiro atoms. The topological polar surface area (TPSA) is 125 Å². The van der Waals surface area contributed by atoms with Gasteiger partial charge in [0.25, 0.3) is 0 Å². The molecule has 4 rings (SSSR count). The lowest BCUT2D eigenvalue weighted by Gasteiger charge is -2.11. The van der Waals surface area contributed by atoms with Gasteiger partial charge in [-0.3, -0.25) is 4.79 Å². The minimum absolute atomic E-state index is 0.0168. The molecule has 10 heteroatoms. The largest absolute Gasteiger partial charge is 0.595 e. The Kier molecular flexibility index (Phi) is 5.33. The Balaban J connectivity index is 1.93. The molecule has 0 fully saturated rings. The maximum Gasteiger partial charge on any atom is 0.226 e. The van der Waals surface area contributed by atoms with Gasteiger partial charge in [-0.05, 0) is 35.7 Å². The molecular weight excluding hydrogens is 428 g/mol. The predicted octanol–water partition coefficient (Wildman–Crippen LogP) is 2.87. The number of aromatic nitrogens is 1. The molecular formula is C20H14N2O6S2. The standard InChI is InChI=1S/C20H14N2O6S2/c23-18(16-7-4-12-29-16)17-20(30(26,27)15-5-2-1-3-6-15)19(28-21-17)13-8-10-14(11-9-13)22(24)25/h1-12,22,24H. The Morgan fingerprint density at radius 2 is 1.73 bits per heavy atom. The van der Waals surface area contributed by atoms with E-state index < -0.39 is 20.8 Å².